The Balaban J connectivity index is 1.34. The largest absolute Gasteiger partial charge is 0.459 e. The van der Waals surface area contributed by atoms with Gasteiger partial charge < -0.3 is 24.4 Å². The number of carbonyl (C=O) groups is 2. The minimum absolute atomic E-state index is 0.0884. The summed E-state index contributed by atoms with van der Waals surface area (Å²) in [6, 6.07) is 12.8. The van der Waals surface area contributed by atoms with Crippen LogP contribution in [0.15, 0.2) is 59.3 Å². The molecule has 3 aromatic rings. The molecule has 32 heavy (non-hydrogen) atoms. The summed E-state index contributed by atoms with van der Waals surface area (Å²) < 4.78 is 5.21. The number of aromatic nitrogens is 1. The Kier molecular flexibility index (Phi) is 6.11. The topological polar surface area (TPSA) is 81.9 Å². The van der Waals surface area contributed by atoms with E-state index >= 15 is 0 Å². The van der Waals surface area contributed by atoms with Crippen molar-refractivity contribution in [2.45, 2.75) is 6.92 Å². The van der Waals surface area contributed by atoms with Gasteiger partial charge in [-0.25, -0.2) is 4.98 Å². The quantitative estimate of drug-likeness (QED) is 0.665. The van der Waals surface area contributed by atoms with E-state index in [0.717, 1.165) is 17.1 Å². The van der Waals surface area contributed by atoms with E-state index in [1.165, 1.54) is 6.26 Å². The van der Waals surface area contributed by atoms with Gasteiger partial charge in [-0.2, -0.15) is 0 Å². The number of carbonyl (C=O) groups excluding carboxylic acids is 2. The molecule has 1 aliphatic heterocycles. The number of pyridine rings is 1. The van der Waals surface area contributed by atoms with E-state index in [-0.39, 0.29) is 11.8 Å². The van der Waals surface area contributed by atoms with E-state index in [0.29, 0.717) is 43.2 Å². The van der Waals surface area contributed by atoms with Crippen LogP contribution in [-0.4, -0.2) is 62.0 Å². The number of hydrogen-bond donors (Lipinski definition) is 1. The van der Waals surface area contributed by atoms with Gasteiger partial charge in [0.15, 0.2) is 5.76 Å². The first-order valence-electron chi connectivity index (χ1n) is 10.6. The standard InChI is InChI=1S/C24H27N5O3/c1-17-15-18(6-8-20(17)27(2)3)23(30)26-19-7-9-22(25-16-19)28-10-12-29(13-11-28)24(31)21-5-4-14-32-21/h4-9,14-16H,10-13H2,1-3H3,(H,26,30). The first-order chi connectivity index (χ1) is 15.4. The van der Waals surface area contributed by atoms with Crippen molar-refractivity contribution in [2.75, 3.05) is 55.4 Å². The SMILES string of the molecule is Cc1cc(C(=O)Nc2ccc(N3CCN(C(=O)c4ccco4)CC3)nc2)ccc1N(C)C. The van der Waals surface area contributed by atoms with E-state index in [4.69, 9.17) is 4.42 Å². The fourth-order valence-corrected chi connectivity index (χ4v) is 3.84. The van der Waals surface area contributed by atoms with Crippen LogP contribution in [0.4, 0.5) is 17.2 Å². The fraction of sp³-hybridized carbons (Fsp3) is 0.292. The third-order valence-electron chi connectivity index (χ3n) is 5.57. The molecule has 1 aromatic carbocycles. The second-order valence-electron chi connectivity index (χ2n) is 8.01. The number of hydrogen-bond acceptors (Lipinski definition) is 6. The van der Waals surface area contributed by atoms with Crippen molar-refractivity contribution in [3.63, 3.8) is 0 Å². The highest BCUT2D eigenvalue weighted by Crippen LogP contribution is 2.21. The summed E-state index contributed by atoms with van der Waals surface area (Å²) in [5.41, 5.74) is 3.37. The number of furan rings is 1. The number of amides is 2. The summed E-state index contributed by atoms with van der Waals surface area (Å²) >= 11 is 0. The van der Waals surface area contributed by atoms with Crippen molar-refractivity contribution in [1.29, 1.82) is 0 Å². The lowest BCUT2D eigenvalue weighted by Gasteiger charge is -2.35. The predicted octanol–water partition coefficient (Wildman–Crippen LogP) is 3.26. The van der Waals surface area contributed by atoms with Crippen molar-refractivity contribution < 1.29 is 14.0 Å². The molecule has 0 atom stereocenters. The molecular weight excluding hydrogens is 406 g/mol. The molecular formula is C24H27N5O3. The molecule has 1 N–H and O–H groups in total. The zero-order valence-corrected chi connectivity index (χ0v) is 18.5. The minimum atomic E-state index is -0.169. The molecule has 0 aliphatic carbocycles. The first-order valence-corrected chi connectivity index (χ1v) is 10.6. The molecule has 0 bridgehead atoms. The first kappa shape index (κ1) is 21.4. The molecule has 8 heteroatoms. The van der Waals surface area contributed by atoms with Crippen molar-refractivity contribution in [2.24, 2.45) is 0 Å². The predicted molar refractivity (Wildman–Crippen MR) is 125 cm³/mol. The maximum absolute atomic E-state index is 12.6. The molecule has 0 radical (unpaired) electrons. The molecule has 2 amide bonds. The summed E-state index contributed by atoms with van der Waals surface area (Å²) in [5, 5.41) is 2.91. The number of anilines is 3. The molecule has 2 aromatic heterocycles. The van der Waals surface area contributed by atoms with Crippen LogP contribution in [0.1, 0.15) is 26.5 Å². The number of aryl methyl sites for hydroxylation is 1. The highest BCUT2D eigenvalue weighted by Gasteiger charge is 2.24. The molecule has 0 saturated carbocycles. The number of benzene rings is 1. The van der Waals surface area contributed by atoms with Crippen molar-refractivity contribution in [3.8, 4) is 0 Å². The molecule has 8 nitrogen and oxygen atoms in total. The van der Waals surface area contributed by atoms with E-state index < -0.39 is 0 Å². The van der Waals surface area contributed by atoms with Gasteiger partial charge in [0, 0.05) is 51.5 Å². The van der Waals surface area contributed by atoms with Crippen molar-refractivity contribution >= 4 is 29.0 Å². The van der Waals surface area contributed by atoms with Gasteiger partial charge in [-0.3, -0.25) is 9.59 Å². The lowest BCUT2D eigenvalue weighted by molar-refractivity contribution is 0.0714. The van der Waals surface area contributed by atoms with Crippen LogP contribution in [0.5, 0.6) is 0 Å². The maximum Gasteiger partial charge on any atom is 0.289 e. The fourth-order valence-electron chi connectivity index (χ4n) is 3.84. The van der Waals surface area contributed by atoms with Gasteiger partial charge in [0.1, 0.15) is 5.82 Å². The highest BCUT2D eigenvalue weighted by molar-refractivity contribution is 6.04. The lowest BCUT2D eigenvalue weighted by atomic mass is 10.1. The molecule has 0 spiro atoms. The zero-order chi connectivity index (χ0) is 22.7. The Labute approximate surface area is 187 Å². The zero-order valence-electron chi connectivity index (χ0n) is 18.5. The van der Waals surface area contributed by atoms with Crippen LogP contribution in [0, 0.1) is 6.92 Å². The van der Waals surface area contributed by atoms with Crippen LogP contribution < -0.4 is 15.1 Å². The highest BCUT2D eigenvalue weighted by atomic mass is 16.3. The summed E-state index contributed by atoms with van der Waals surface area (Å²) in [6.45, 7) is 4.56. The van der Waals surface area contributed by atoms with Gasteiger partial charge in [-0.05, 0) is 55.0 Å². The van der Waals surface area contributed by atoms with E-state index in [1.807, 2.05) is 56.3 Å². The second-order valence-corrected chi connectivity index (χ2v) is 8.01. The number of piperazine rings is 1. The average Bonchev–Trinajstić information content (AvgIpc) is 3.34. The monoisotopic (exact) mass is 433 g/mol. The number of rotatable bonds is 5. The van der Waals surface area contributed by atoms with Crippen LogP contribution in [0.3, 0.4) is 0 Å². The average molecular weight is 434 g/mol. The van der Waals surface area contributed by atoms with Gasteiger partial charge in [-0.15, -0.1) is 0 Å². The normalized spacial score (nSPS) is 13.7. The molecule has 3 heterocycles. The Hall–Kier alpha value is -3.81. The van der Waals surface area contributed by atoms with Gasteiger partial charge >= 0.3 is 0 Å². The van der Waals surface area contributed by atoms with E-state index in [1.54, 1.807) is 23.2 Å². The molecule has 4 rings (SSSR count). The Morgan fingerprint density at radius 1 is 1.06 bits per heavy atom. The third kappa shape index (κ3) is 4.59. The summed E-state index contributed by atoms with van der Waals surface area (Å²) in [5.74, 6) is 0.926. The molecule has 166 valence electrons. The molecule has 1 fully saturated rings. The molecule has 1 saturated heterocycles. The smallest absolute Gasteiger partial charge is 0.289 e. The summed E-state index contributed by atoms with van der Waals surface area (Å²) in [4.78, 5) is 35.5. The molecule has 1 aliphatic rings. The van der Waals surface area contributed by atoms with Crippen LogP contribution in [0.25, 0.3) is 0 Å². The Bertz CT molecular complexity index is 1090. The molecule has 0 unspecified atom stereocenters. The number of nitrogens with zero attached hydrogens (tertiary/aromatic N) is 4. The summed E-state index contributed by atoms with van der Waals surface area (Å²) in [7, 11) is 3.96. The van der Waals surface area contributed by atoms with Gasteiger partial charge in [0.05, 0.1) is 18.1 Å². The van der Waals surface area contributed by atoms with E-state index in [2.05, 4.69) is 15.2 Å². The lowest BCUT2D eigenvalue weighted by Crippen LogP contribution is -2.49. The Morgan fingerprint density at radius 2 is 1.84 bits per heavy atom. The third-order valence-corrected chi connectivity index (χ3v) is 5.57. The van der Waals surface area contributed by atoms with Crippen LogP contribution in [-0.2, 0) is 0 Å². The number of nitrogens with one attached hydrogen (secondary N) is 1. The van der Waals surface area contributed by atoms with Crippen molar-refractivity contribution in [3.05, 3.63) is 71.8 Å². The van der Waals surface area contributed by atoms with Gasteiger partial charge in [0.25, 0.3) is 11.8 Å². The maximum atomic E-state index is 12.6. The second kappa shape index (κ2) is 9.13. The van der Waals surface area contributed by atoms with Crippen LogP contribution in [0.2, 0.25) is 0 Å². The van der Waals surface area contributed by atoms with Gasteiger partial charge in [0.2, 0.25) is 0 Å². The Morgan fingerprint density at radius 3 is 2.44 bits per heavy atom. The summed E-state index contributed by atoms with van der Waals surface area (Å²) in [6.07, 6.45) is 3.17. The van der Waals surface area contributed by atoms with Crippen molar-refractivity contribution in [1.82, 2.24) is 9.88 Å². The van der Waals surface area contributed by atoms with E-state index in [9.17, 15) is 9.59 Å². The minimum Gasteiger partial charge on any atom is -0.459 e. The van der Waals surface area contributed by atoms with Crippen LogP contribution >= 0.6 is 0 Å². The van der Waals surface area contributed by atoms with Gasteiger partial charge in [-0.1, -0.05) is 0 Å².